The van der Waals surface area contributed by atoms with E-state index in [1.165, 1.54) is 12.5 Å². The largest absolute Gasteiger partial charge is 0.480 e. The van der Waals surface area contributed by atoms with Gasteiger partial charge in [-0.3, -0.25) is 4.79 Å². The van der Waals surface area contributed by atoms with Crippen LogP contribution in [0.25, 0.3) is 0 Å². The summed E-state index contributed by atoms with van der Waals surface area (Å²) in [5, 5.41) is 11.4. The summed E-state index contributed by atoms with van der Waals surface area (Å²) in [6, 6.07) is 6.94. The second-order valence-electron chi connectivity index (χ2n) is 4.69. The first-order valence-electron chi connectivity index (χ1n) is 5.99. The average Bonchev–Trinajstić information content (AvgIpc) is 2.28. The average molecular weight is 249 g/mol. The highest BCUT2D eigenvalue weighted by molar-refractivity contribution is 5.82. The summed E-state index contributed by atoms with van der Waals surface area (Å²) in [6.07, 6.45) is 0.299. The predicted molar refractivity (Wildman–Crippen MR) is 69.5 cm³/mol. The fraction of sp³-hybridized carbons (Fsp3) is 0.429. The van der Waals surface area contributed by atoms with E-state index in [1.807, 2.05) is 24.3 Å². The molecule has 1 rings (SSSR count). The molecule has 18 heavy (non-hydrogen) atoms. The van der Waals surface area contributed by atoms with Crippen LogP contribution in [0, 0.1) is 0 Å². The van der Waals surface area contributed by atoms with Crippen molar-refractivity contribution in [2.75, 3.05) is 0 Å². The number of hydrogen-bond donors (Lipinski definition) is 2. The van der Waals surface area contributed by atoms with Gasteiger partial charge in [0.05, 0.1) is 0 Å². The summed E-state index contributed by atoms with van der Waals surface area (Å²) in [5.41, 5.74) is 2.12. The number of rotatable bonds is 5. The van der Waals surface area contributed by atoms with Gasteiger partial charge in [0.2, 0.25) is 5.91 Å². The molecule has 4 nitrogen and oxygen atoms in total. The summed E-state index contributed by atoms with van der Waals surface area (Å²) >= 11 is 0. The molecule has 0 aliphatic rings. The summed E-state index contributed by atoms with van der Waals surface area (Å²) < 4.78 is 0. The molecule has 1 atom stereocenters. The van der Waals surface area contributed by atoms with Crippen molar-refractivity contribution < 1.29 is 14.7 Å². The van der Waals surface area contributed by atoms with Crippen LogP contribution in [0.5, 0.6) is 0 Å². The van der Waals surface area contributed by atoms with Gasteiger partial charge in [-0.1, -0.05) is 38.1 Å². The molecule has 0 aromatic heterocycles. The molecule has 0 radical (unpaired) electrons. The Kier molecular flexibility index (Phi) is 4.89. The van der Waals surface area contributed by atoms with Gasteiger partial charge in [0.25, 0.3) is 0 Å². The van der Waals surface area contributed by atoms with Gasteiger partial charge in [-0.05, 0) is 17.0 Å². The maximum atomic E-state index is 11.0. The van der Waals surface area contributed by atoms with Gasteiger partial charge >= 0.3 is 5.97 Å². The van der Waals surface area contributed by atoms with Crippen molar-refractivity contribution in [1.82, 2.24) is 5.32 Å². The standard InChI is InChI=1S/C14H19NO3/c1-9(2)12-6-4-11(5-7-12)8-13(14(17)18)15-10(3)16/h4-7,9,13H,8H2,1-3H3,(H,15,16)(H,17,18). The Morgan fingerprint density at radius 1 is 1.22 bits per heavy atom. The Bertz CT molecular complexity index is 423. The van der Waals surface area contributed by atoms with E-state index in [-0.39, 0.29) is 5.91 Å². The number of nitrogens with one attached hydrogen (secondary N) is 1. The molecule has 1 aromatic carbocycles. The highest BCUT2D eigenvalue weighted by Gasteiger charge is 2.18. The van der Waals surface area contributed by atoms with Crippen molar-refractivity contribution in [2.45, 2.75) is 39.2 Å². The van der Waals surface area contributed by atoms with E-state index in [0.717, 1.165) is 5.56 Å². The summed E-state index contributed by atoms with van der Waals surface area (Å²) in [5.74, 6) is -0.899. The molecule has 98 valence electrons. The first-order valence-corrected chi connectivity index (χ1v) is 5.99. The minimum atomic E-state index is -1.02. The van der Waals surface area contributed by atoms with Crippen LogP contribution in [0.4, 0.5) is 0 Å². The van der Waals surface area contributed by atoms with Crippen molar-refractivity contribution >= 4 is 11.9 Å². The zero-order valence-corrected chi connectivity index (χ0v) is 10.9. The lowest BCUT2D eigenvalue weighted by Gasteiger charge is -2.14. The third-order valence-electron chi connectivity index (χ3n) is 2.76. The van der Waals surface area contributed by atoms with Crippen LogP contribution < -0.4 is 5.32 Å². The quantitative estimate of drug-likeness (QED) is 0.838. The van der Waals surface area contributed by atoms with Crippen LogP contribution in [0.3, 0.4) is 0 Å². The molecule has 4 heteroatoms. The molecule has 0 bridgehead atoms. The first-order chi connectivity index (χ1) is 8.40. The topological polar surface area (TPSA) is 66.4 Å². The second kappa shape index (κ2) is 6.19. The van der Waals surface area contributed by atoms with Crippen LogP contribution >= 0.6 is 0 Å². The van der Waals surface area contributed by atoms with Gasteiger partial charge in [-0.2, -0.15) is 0 Å². The highest BCUT2D eigenvalue weighted by Crippen LogP contribution is 2.15. The molecule has 2 N–H and O–H groups in total. The highest BCUT2D eigenvalue weighted by atomic mass is 16.4. The van der Waals surface area contributed by atoms with E-state index in [9.17, 15) is 9.59 Å². The Morgan fingerprint density at radius 2 is 1.78 bits per heavy atom. The van der Waals surface area contributed by atoms with Gasteiger partial charge < -0.3 is 10.4 Å². The molecule has 0 aliphatic heterocycles. The van der Waals surface area contributed by atoms with Crippen molar-refractivity contribution in [3.05, 3.63) is 35.4 Å². The summed E-state index contributed by atoms with van der Waals surface area (Å²) in [7, 11) is 0. The lowest BCUT2D eigenvalue weighted by molar-refractivity contribution is -0.141. The molecule has 0 saturated carbocycles. The van der Waals surface area contributed by atoms with Gasteiger partial charge in [0.1, 0.15) is 6.04 Å². The SMILES string of the molecule is CC(=O)NC(Cc1ccc(C(C)C)cc1)C(=O)O. The number of aliphatic carboxylic acids is 1. The Labute approximate surface area is 107 Å². The molecule has 1 unspecified atom stereocenters. The summed E-state index contributed by atoms with van der Waals surface area (Å²) in [4.78, 5) is 21.9. The Morgan fingerprint density at radius 3 is 2.17 bits per heavy atom. The maximum Gasteiger partial charge on any atom is 0.326 e. The number of carbonyl (C=O) groups excluding carboxylic acids is 1. The Balaban J connectivity index is 2.75. The van der Waals surface area contributed by atoms with Crippen LogP contribution in [-0.4, -0.2) is 23.0 Å². The fourth-order valence-corrected chi connectivity index (χ4v) is 1.72. The molecular formula is C14H19NO3. The fourth-order valence-electron chi connectivity index (χ4n) is 1.72. The molecular weight excluding hydrogens is 230 g/mol. The Hall–Kier alpha value is -1.84. The normalized spacial score (nSPS) is 12.2. The molecule has 0 spiro atoms. The van der Waals surface area contributed by atoms with Crippen LogP contribution in [-0.2, 0) is 16.0 Å². The predicted octanol–water partition coefficient (Wildman–Crippen LogP) is 1.94. The molecule has 0 aliphatic carbocycles. The van der Waals surface area contributed by atoms with Crippen molar-refractivity contribution in [3.63, 3.8) is 0 Å². The number of amides is 1. The van der Waals surface area contributed by atoms with Gasteiger partial charge in [0, 0.05) is 13.3 Å². The van der Waals surface area contributed by atoms with Crippen LogP contribution in [0.2, 0.25) is 0 Å². The molecule has 0 fully saturated rings. The lowest BCUT2D eigenvalue weighted by Crippen LogP contribution is -2.41. The molecule has 0 heterocycles. The van der Waals surface area contributed by atoms with Crippen LogP contribution in [0.15, 0.2) is 24.3 Å². The van der Waals surface area contributed by atoms with E-state index < -0.39 is 12.0 Å². The first kappa shape index (κ1) is 14.2. The second-order valence-corrected chi connectivity index (χ2v) is 4.69. The van der Waals surface area contributed by atoms with E-state index in [0.29, 0.717) is 12.3 Å². The van der Waals surface area contributed by atoms with Gasteiger partial charge in [-0.15, -0.1) is 0 Å². The number of carbonyl (C=O) groups is 2. The minimum Gasteiger partial charge on any atom is -0.480 e. The van der Waals surface area contributed by atoms with Crippen molar-refractivity contribution in [1.29, 1.82) is 0 Å². The van der Waals surface area contributed by atoms with Crippen LogP contribution in [0.1, 0.15) is 37.8 Å². The third-order valence-corrected chi connectivity index (χ3v) is 2.76. The smallest absolute Gasteiger partial charge is 0.326 e. The molecule has 1 aromatic rings. The zero-order chi connectivity index (χ0) is 13.7. The number of carboxylic acids is 1. The van der Waals surface area contributed by atoms with E-state index in [1.54, 1.807) is 0 Å². The number of hydrogen-bond acceptors (Lipinski definition) is 2. The van der Waals surface area contributed by atoms with Gasteiger partial charge in [0.15, 0.2) is 0 Å². The molecule has 1 amide bonds. The minimum absolute atomic E-state index is 0.299. The number of carboxylic acid groups (broad SMARTS) is 1. The zero-order valence-electron chi connectivity index (χ0n) is 10.9. The summed E-state index contributed by atoms with van der Waals surface area (Å²) in [6.45, 7) is 5.52. The van der Waals surface area contributed by atoms with E-state index in [2.05, 4.69) is 19.2 Å². The van der Waals surface area contributed by atoms with Crippen molar-refractivity contribution in [2.24, 2.45) is 0 Å². The third kappa shape index (κ3) is 4.20. The molecule has 0 saturated heterocycles. The van der Waals surface area contributed by atoms with E-state index in [4.69, 9.17) is 5.11 Å². The van der Waals surface area contributed by atoms with E-state index >= 15 is 0 Å². The lowest BCUT2D eigenvalue weighted by atomic mass is 9.99. The monoisotopic (exact) mass is 249 g/mol. The maximum absolute atomic E-state index is 11.0. The van der Waals surface area contributed by atoms with Gasteiger partial charge in [-0.25, -0.2) is 4.79 Å². The number of benzene rings is 1. The van der Waals surface area contributed by atoms with Crippen molar-refractivity contribution in [3.8, 4) is 0 Å².